The molecule has 1 unspecified atom stereocenters. The maximum Gasteiger partial charge on any atom is 0.332 e. The van der Waals surface area contributed by atoms with Crippen LogP contribution in [0.3, 0.4) is 0 Å². The Hall–Kier alpha value is -2.36. The van der Waals surface area contributed by atoms with E-state index in [4.69, 9.17) is 4.74 Å². The molecule has 0 aliphatic heterocycles. The van der Waals surface area contributed by atoms with Gasteiger partial charge in [-0.3, -0.25) is 0 Å². The lowest BCUT2D eigenvalue weighted by Crippen LogP contribution is -2.23. The topological polar surface area (TPSA) is 38.3 Å². The van der Waals surface area contributed by atoms with Crippen LogP contribution >= 0.6 is 0 Å². The number of rotatable bonds is 4. The summed E-state index contributed by atoms with van der Waals surface area (Å²) in [6.45, 7) is 3.89. The van der Waals surface area contributed by atoms with E-state index in [0.29, 0.717) is 5.69 Å². The van der Waals surface area contributed by atoms with E-state index in [0.717, 1.165) is 16.7 Å². The molecule has 0 bridgehead atoms. The summed E-state index contributed by atoms with van der Waals surface area (Å²) in [4.78, 5) is 12.1. The Morgan fingerprint density at radius 3 is 2.62 bits per heavy atom. The van der Waals surface area contributed by atoms with Gasteiger partial charge in [-0.25, -0.2) is 9.18 Å². The fraction of sp³-hybridized carbons (Fsp3) is 0.235. The average Bonchev–Trinajstić information content (AvgIpc) is 2.47. The second-order valence-electron chi connectivity index (χ2n) is 4.97. The molecule has 2 rings (SSSR count). The molecule has 21 heavy (non-hydrogen) atoms. The van der Waals surface area contributed by atoms with Crippen LogP contribution in [0.2, 0.25) is 0 Å². The van der Waals surface area contributed by atoms with Gasteiger partial charge in [0.2, 0.25) is 0 Å². The number of halogens is 1. The lowest BCUT2D eigenvalue weighted by Gasteiger charge is -2.20. The number of hydrogen-bond donors (Lipinski definition) is 1. The number of carbonyl (C=O) groups excluding carboxylic acids is 1. The van der Waals surface area contributed by atoms with Crippen LogP contribution in [-0.2, 0) is 9.53 Å². The Morgan fingerprint density at radius 1 is 1.19 bits per heavy atom. The average molecular weight is 287 g/mol. The van der Waals surface area contributed by atoms with Crippen molar-refractivity contribution in [2.45, 2.75) is 19.9 Å². The van der Waals surface area contributed by atoms with Crippen molar-refractivity contribution in [2.24, 2.45) is 0 Å². The van der Waals surface area contributed by atoms with Crippen molar-refractivity contribution in [2.75, 3.05) is 12.4 Å². The zero-order valence-corrected chi connectivity index (χ0v) is 12.3. The van der Waals surface area contributed by atoms with Crippen LogP contribution < -0.4 is 5.32 Å². The Bertz CT molecular complexity index is 655. The zero-order valence-electron chi connectivity index (χ0n) is 12.3. The van der Waals surface area contributed by atoms with Crippen molar-refractivity contribution in [3.63, 3.8) is 0 Å². The zero-order chi connectivity index (χ0) is 15.4. The molecule has 0 spiro atoms. The van der Waals surface area contributed by atoms with Gasteiger partial charge in [0.1, 0.15) is 5.82 Å². The second-order valence-corrected chi connectivity index (χ2v) is 4.97. The standard InChI is InChI=1S/C17H18FNO2/c1-11-7-8-12(2)15(9-11)16(17(20)21-3)19-14-6-4-5-13(18)10-14/h4-10,16,19H,1-3H3. The quantitative estimate of drug-likeness (QED) is 0.870. The van der Waals surface area contributed by atoms with Crippen LogP contribution in [0.15, 0.2) is 42.5 Å². The molecular formula is C17H18FNO2. The Morgan fingerprint density at radius 2 is 1.95 bits per heavy atom. The van der Waals surface area contributed by atoms with E-state index in [2.05, 4.69) is 5.32 Å². The molecule has 4 heteroatoms. The third-order valence-electron chi connectivity index (χ3n) is 3.32. The van der Waals surface area contributed by atoms with Gasteiger partial charge in [-0.2, -0.15) is 0 Å². The summed E-state index contributed by atoms with van der Waals surface area (Å²) in [7, 11) is 1.34. The summed E-state index contributed by atoms with van der Waals surface area (Å²) in [6.07, 6.45) is 0. The number of esters is 1. The van der Waals surface area contributed by atoms with Gasteiger partial charge in [0.15, 0.2) is 6.04 Å². The molecule has 1 atom stereocenters. The highest BCUT2D eigenvalue weighted by Gasteiger charge is 2.23. The smallest absolute Gasteiger partial charge is 0.332 e. The molecule has 0 saturated carbocycles. The highest BCUT2D eigenvalue weighted by atomic mass is 19.1. The van der Waals surface area contributed by atoms with Gasteiger partial charge in [0.05, 0.1) is 7.11 Å². The summed E-state index contributed by atoms with van der Waals surface area (Å²) < 4.78 is 18.2. The Balaban J connectivity index is 2.39. The van der Waals surface area contributed by atoms with Crippen LogP contribution in [0.25, 0.3) is 0 Å². The van der Waals surface area contributed by atoms with Crippen molar-refractivity contribution in [1.29, 1.82) is 0 Å². The van der Waals surface area contributed by atoms with E-state index in [-0.39, 0.29) is 5.82 Å². The first-order chi connectivity index (χ1) is 10.0. The van der Waals surface area contributed by atoms with Crippen LogP contribution in [0, 0.1) is 19.7 Å². The number of anilines is 1. The third kappa shape index (κ3) is 3.60. The maximum absolute atomic E-state index is 13.3. The first kappa shape index (κ1) is 15.0. The molecule has 0 radical (unpaired) electrons. The summed E-state index contributed by atoms with van der Waals surface area (Å²) in [5.41, 5.74) is 3.38. The second kappa shape index (κ2) is 6.39. The molecule has 2 aromatic rings. The molecule has 0 aromatic heterocycles. The molecule has 1 N–H and O–H groups in total. The lowest BCUT2D eigenvalue weighted by atomic mass is 9.98. The van der Waals surface area contributed by atoms with Gasteiger partial charge in [-0.15, -0.1) is 0 Å². The number of hydrogen-bond acceptors (Lipinski definition) is 3. The summed E-state index contributed by atoms with van der Waals surface area (Å²) in [5, 5.41) is 3.04. The Kier molecular flexibility index (Phi) is 4.58. The SMILES string of the molecule is COC(=O)C(Nc1cccc(F)c1)c1cc(C)ccc1C. The number of nitrogens with one attached hydrogen (secondary N) is 1. The first-order valence-electron chi connectivity index (χ1n) is 6.68. The van der Waals surface area contributed by atoms with Crippen molar-refractivity contribution >= 4 is 11.7 Å². The van der Waals surface area contributed by atoms with Crippen LogP contribution in [0.1, 0.15) is 22.7 Å². The van der Waals surface area contributed by atoms with Crippen molar-refractivity contribution in [3.8, 4) is 0 Å². The molecule has 0 heterocycles. The number of carbonyl (C=O) groups is 1. The van der Waals surface area contributed by atoms with E-state index < -0.39 is 12.0 Å². The predicted octanol–water partition coefficient (Wildman–Crippen LogP) is 3.77. The summed E-state index contributed by atoms with van der Waals surface area (Å²) >= 11 is 0. The van der Waals surface area contributed by atoms with Crippen molar-refractivity contribution in [1.82, 2.24) is 0 Å². The Labute approximate surface area is 123 Å². The minimum Gasteiger partial charge on any atom is -0.467 e. The fourth-order valence-electron chi connectivity index (χ4n) is 2.20. The largest absolute Gasteiger partial charge is 0.467 e. The van der Waals surface area contributed by atoms with Gasteiger partial charge in [-0.1, -0.05) is 29.8 Å². The first-order valence-corrected chi connectivity index (χ1v) is 6.68. The number of benzene rings is 2. The minimum absolute atomic E-state index is 0.357. The third-order valence-corrected chi connectivity index (χ3v) is 3.32. The van der Waals surface area contributed by atoms with Gasteiger partial charge >= 0.3 is 5.97 Å². The van der Waals surface area contributed by atoms with Crippen molar-refractivity contribution in [3.05, 3.63) is 65.0 Å². The van der Waals surface area contributed by atoms with Crippen LogP contribution in [0.4, 0.5) is 10.1 Å². The van der Waals surface area contributed by atoms with Gasteiger partial charge in [-0.05, 0) is 43.2 Å². The maximum atomic E-state index is 13.3. The summed E-state index contributed by atoms with van der Waals surface area (Å²) in [6, 6.07) is 11.2. The van der Waals surface area contributed by atoms with E-state index in [9.17, 15) is 9.18 Å². The molecule has 0 saturated heterocycles. The van der Waals surface area contributed by atoms with Gasteiger partial charge in [0, 0.05) is 5.69 Å². The fourth-order valence-corrected chi connectivity index (χ4v) is 2.20. The minimum atomic E-state index is -0.670. The molecule has 0 aliphatic carbocycles. The van der Waals surface area contributed by atoms with E-state index in [1.165, 1.54) is 19.2 Å². The monoisotopic (exact) mass is 287 g/mol. The molecule has 3 nitrogen and oxygen atoms in total. The highest BCUT2D eigenvalue weighted by Crippen LogP contribution is 2.25. The highest BCUT2D eigenvalue weighted by molar-refractivity contribution is 5.81. The molecule has 2 aromatic carbocycles. The van der Waals surface area contributed by atoms with E-state index >= 15 is 0 Å². The molecule has 0 amide bonds. The summed E-state index contributed by atoms with van der Waals surface area (Å²) in [5.74, 6) is -0.766. The van der Waals surface area contributed by atoms with Gasteiger partial charge in [0.25, 0.3) is 0 Å². The number of aryl methyl sites for hydroxylation is 2. The molecule has 0 aliphatic rings. The molecule has 110 valence electrons. The van der Waals surface area contributed by atoms with Gasteiger partial charge < -0.3 is 10.1 Å². The molecule has 0 fully saturated rings. The van der Waals surface area contributed by atoms with Crippen LogP contribution in [0.5, 0.6) is 0 Å². The van der Waals surface area contributed by atoms with E-state index in [1.54, 1.807) is 12.1 Å². The van der Waals surface area contributed by atoms with Crippen molar-refractivity contribution < 1.29 is 13.9 Å². The number of ether oxygens (including phenoxy) is 1. The van der Waals surface area contributed by atoms with Crippen LogP contribution in [-0.4, -0.2) is 13.1 Å². The number of methoxy groups -OCH3 is 1. The lowest BCUT2D eigenvalue weighted by molar-refractivity contribution is -0.141. The normalized spacial score (nSPS) is 11.8. The van der Waals surface area contributed by atoms with E-state index in [1.807, 2.05) is 32.0 Å². The molecular weight excluding hydrogens is 269 g/mol. The predicted molar refractivity (Wildman–Crippen MR) is 80.7 cm³/mol.